The summed E-state index contributed by atoms with van der Waals surface area (Å²) < 4.78 is 41.0. The third-order valence-corrected chi connectivity index (χ3v) is 7.62. The summed E-state index contributed by atoms with van der Waals surface area (Å²) in [4.78, 5) is 27.6. The van der Waals surface area contributed by atoms with Gasteiger partial charge in [-0.2, -0.15) is 18.2 Å². The predicted octanol–water partition coefficient (Wildman–Crippen LogP) is 4.46. The van der Waals surface area contributed by atoms with E-state index in [4.69, 9.17) is 9.97 Å². The van der Waals surface area contributed by atoms with E-state index in [0.717, 1.165) is 39.6 Å². The molecule has 1 saturated heterocycles. The van der Waals surface area contributed by atoms with E-state index in [9.17, 15) is 18.0 Å². The van der Waals surface area contributed by atoms with Gasteiger partial charge in [0.05, 0.1) is 11.9 Å². The number of nitrogens with zero attached hydrogens (tertiary/aromatic N) is 7. The highest BCUT2D eigenvalue weighted by molar-refractivity contribution is 7.18. The number of thiophene rings is 1. The van der Waals surface area contributed by atoms with Crippen LogP contribution in [0.25, 0.3) is 10.2 Å². The van der Waals surface area contributed by atoms with Crippen LogP contribution in [0.5, 0.6) is 0 Å². The first-order chi connectivity index (χ1) is 17.6. The Morgan fingerprint density at radius 2 is 2.00 bits per heavy atom. The highest BCUT2D eigenvalue weighted by Gasteiger charge is 2.39. The van der Waals surface area contributed by atoms with E-state index in [1.165, 1.54) is 4.88 Å². The molecule has 0 spiro atoms. The molecule has 2 aliphatic rings. The van der Waals surface area contributed by atoms with Crippen molar-refractivity contribution in [3.8, 4) is 0 Å². The fourth-order valence-electron chi connectivity index (χ4n) is 4.70. The molecule has 0 saturated carbocycles. The summed E-state index contributed by atoms with van der Waals surface area (Å²) in [7, 11) is 0. The van der Waals surface area contributed by atoms with Crippen molar-refractivity contribution in [3.63, 3.8) is 0 Å². The quantitative estimate of drug-likeness (QED) is 0.499. The Bertz CT molecular complexity index is 1350. The molecule has 2 aliphatic heterocycles. The van der Waals surface area contributed by atoms with Crippen molar-refractivity contribution in [2.24, 2.45) is 5.92 Å². The molecule has 0 unspecified atom stereocenters. The first kappa shape index (κ1) is 25.4. The number of alkyl halides is 3. The van der Waals surface area contributed by atoms with Gasteiger partial charge in [0.15, 0.2) is 5.82 Å². The molecular formula is C24H29F3N8OS. The normalized spacial score (nSPS) is 17.3. The van der Waals surface area contributed by atoms with Crippen LogP contribution in [0, 0.1) is 5.92 Å². The van der Waals surface area contributed by atoms with Crippen molar-refractivity contribution >= 4 is 39.2 Å². The lowest BCUT2D eigenvalue weighted by atomic mass is 10.2. The molecule has 1 fully saturated rings. The first-order valence-corrected chi connectivity index (χ1v) is 13.2. The SMILES string of the molecule is CCCc1cc2c(N3CCn4c(nnc4C(F)(F)F)C3)nc(N/C=C3\CCN(C(=O)C(C)C)C3)nc2s1. The van der Waals surface area contributed by atoms with E-state index in [0.29, 0.717) is 31.4 Å². The predicted molar refractivity (Wildman–Crippen MR) is 135 cm³/mol. The molecule has 9 nitrogen and oxygen atoms in total. The van der Waals surface area contributed by atoms with E-state index in [2.05, 4.69) is 28.5 Å². The molecule has 0 radical (unpaired) electrons. The zero-order chi connectivity index (χ0) is 26.3. The van der Waals surface area contributed by atoms with Crippen LogP contribution in [0.2, 0.25) is 0 Å². The zero-order valence-electron chi connectivity index (χ0n) is 21.0. The topological polar surface area (TPSA) is 92.1 Å². The molecule has 0 aliphatic carbocycles. The Kier molecular flexibility index (Phi) is 6.82. The molecule has 3 aromatic rings. The molecule has 13 heteroatoms. The monoisotopic (exact) mass is 534 g/mol. The second-order valence-electron chi connectivity index (χ2n) is 9.67. The summed E-state index contributed by atoms with van der Waals surface area (Å²) in [5, 5.41) is 11.3. The first-order valence-electron chi connectivity index (χ1n) is 12.4. The van der Waals surface area contributed by atoms with Crippen molar-refractivity contribution in [2.45, 2.75) is 59.3 Å². The fourth-order valence-corrected chi connectivity index (χ4v) is 5.82. The number of aromatic nitrogens is 5. The molecule has 3 aromatic heterocycles. The summed E-state index contributed by atoms with van der Waals surface area (Å²) in [5.41, 5.74) is 1.09. The van der Waals surface area contributed by atoms with Crippen molar-refractivity contribution in [1.82, 2.24) is 29.6 Å². The van der Waals surface area contributed by atoms with Crippen LogP contribution in [0.15, 0.2) is 17.8 Å². The van der Waals surface area contributed by atoms with Gasteiger partial charge in [0.2, 0.25) is 17.7 Å². The highest BCUT2D eigenvalue weighted by Crippen LogP contribution is 2.35. The Hall–Kier alpha value is -3.22. The Labute approximate surface area is 216 Å². The third-order valence-electron chi connectivity index (χ3n) is 6.53. The van der Waals surface area contributed by atoms with Gasteiger partial charge in [0.25, 0.3) is 0 Å². The Morgan fingerprint density at radius 3 is 2.73 bits per heavy atom. The van der Waals surface area contributed by atoms with E-state index >= 15 is 0 Å². The lowest BCUT2D eigenvalue weighted by molar-refractivity contribution is -0.147. The Morgan fingerprint density at radius 1 is 1.19 bits per heavy atom. The number of likely N-dealkylation sites (tertiary alicyclic amines) is 1. The van der Waals surface area contributed by atoms with E-state index in [1.54, 1.807) is 11.3 Å². The summed E-state index contributed by atoms with van der Waals surface area (Å²) in [6.45, 7) is 7.79. The second kappa shape index (κ2) is 9.92. The number of fused-ring (bicyclic) bond motifs is 2. The van der Waals surface area contributed by atoms with Crippen molar-refractivity contribution < 1.29 is 18.0 Å². The maximum Gasteiger partial charge on any atom is 0.451 e. The van der Waals surface area contributed by atoms with Crippen LogP contribution in [-0.2, 0) is 30.5 Å². The average Bonchev–Trinajstić information content (AvgIpc) is 3.58. The molecule has 37 heavy (non-hydrogen) atoms. The third kappa shape index (κ3) is 5.13. The lowest BCUT2D eigenvalue weighted by Gasteiger charge is -2.29. The molecule has 5 heterocycles. The zero-order valence-corrected chi connectivity index (χ0v) is 21.8. The van der Waals surface area contributed by atoms with Gasteiger partial charge < -0.3 is 19.7 Å². The summed E-state index contributed by atoms with van der Waals surface area (Å²) in [5.74, 6) is 0.460. The number of anilines is 2. The molecule has 198 valence electrons. The maximum absolute atomic E-state index is 13.3. The number of halogens is 3. The van der Waals surface area contributed by atoms with E-state index in [-0.39, 0.29) is 30.7 Å². The summed E-state index contributed by atoms with van der Waals surface area (Å²) >= 11 is 1.60. The fraction of sp³-hybridized carbons (Fsp3) is 0.542. The number of aryl methyl sites for hydroxylation is 1. The minimum absolute atomic E-state index is 0.0423. The molecule has 0 aromatic carbocycles. The van der Waals surface area contributed by atoms with E-state index < -0.39 is 12.0 Å². The van der Waals surface area contributed by atoms with Gasteiger partial charge in [0.1, 0.15) is 10.6 Å². The number of hydrogen-bond acceptors (Lipinski definition) is 8. The average molecular weight is 535 g/mol. The number of amides is 1. The number of nitrogens with one attached hydrogen (secondary N) is 1. The van der Waals surface area contributed by atoms with Gasteiger partial charge in [-0.3, -0.25) is 4.79 Å². The van der Waals surface area contributed by atoms with Gasteiger partial charge in [-0.25, -0.2) is 4.98 Å². The van der Waals surface area contributed by atoms with Gasteiger partial charge in [-0.1, -0.05) is 27.2 Å². The molecular weight excluding hydrogens is 505 g/mol. The Balaban J connectivity index is 1.43. The van der Waals surface area contributed by atoms with Crippen LogP contribution < -0.4 is 10.2 Å². The number of hydrogen-bond donors (Lipinski definition) is 1. The molecule has 5 rings (SSSR count). The summed E-state index contributed by atoms with van der Waals surface area (Å²) in [6.07, 6.45) is 0.00494. The van der Waals surface area contributed by atoms with Crippen LogP contribution in [0.4, 0.5) is 24.9 Å². The molecule has 1 amide bonds. The number of carbonyl (C=O) groups excluding carboxylic acids is 1. The van der Waals surface area contributed by atoms with Gasteiger partial charge in [-0.15, -0.1) is 21.5 Å². The highest BCUT2D eigenvalue weighted by atomic mass is 32.1. The van der Waals surface area contributed by atoms with Crippen molar-refractivity contribution in [3.05, 3.63) is 34.4 Å². The van der Waals surface area contributed by atoms with Crippen LogP contribution in [-0.4, -0.2) is 55.2 Å². The molecule has 0 bridgehead atoms. The molecule has 0 atom stereocenters. The summed E-state index contributed by atoms with van der Waals surface area (Å²) in [6, 6.07) is 2.08. The number of carbonyl (C=O) groups is 1. The standard InChI is InChI=1S/C24H29F3N8OS/c1-4-5-16-10-17-19(33-8-9-35-18(13-33)31-32-22(35)24(25,26)27)29-23(30-20(17)37-16)28-11-15-6-7-34(12-15)21(36)14(2)3/h10-11,14H,4-9,12-13H2,1-3H3,(H,28,29,30)/b15-11+. The van der Waals surface area contributed by atoms with Crippen LogP contribution in [0.1, 0.15) is 50.1 Å². The van der Waals surface area contributed by atoms with Crippen LogP contribution in [0.3, 0.4) is 0 Å². The smallest absolute Gasteiger partial charge is 0.347 e. The van der Waals surface area contributed by atoms with Gasteiger partial charge in [0, 0.05) is 43.2 Å². The van der Waals surface area contributed by atoms with Gasteiger partial charge in [-0.05, 0) is 24.5 Å². The van der Waals surface area contributed by atoms with E-state index in [1.807, 2.05) is 29.8 Å². The second-order valence-corrected chi connectivity index (χ2v) is 10.8. The van der Waals surface area contributed by atoms with Gasteiger partial charge >= 0.3 is 6.18 Å². The largest absolute Gasteiger partial charge is 0.451 e. The maximum atomic E-state index is 13.3. The number of rotatable bonds is 6. The minimum atomic E-state index is -4.54. The van der Waals surface area contributed by atoms with Crippen LogP contribution >= 0.6 is 11.3 Å². The van der Waals surface area contributed by atoms with Crippen molar-refractivity contribution in [1.29, 1.82) is 0 Å². The lowest BCUT2D eigenvalue weighted by Crippen LogP contribution is -2.36. The minimum Gasteiger partial charge on any atom is -0.347 e. The molecule has 1 N–H and O–H groups in total. The van der Waals surface area contributed by atoms with Crippen molar-refractivity contribution in [2.75, 3.05) is 29.9 Å².